The number of piperidine rings is 1. The SMILES string of the molecule is CCOC1CC(O)C12CCN(Cc1cccc3c1CCOC3)CC2. The monoisotopic (exact) mass is 331 g/mol. The highest BCUT2D eigenvalue weighted by molar-refractivity contribution is 5.36. The maximum atomic E-state index is 10.3. The molecule has 1 aliphatic carbocycles. The molecular formula is C20H29NO3. The smallest absolute Gasteiger partial charge is 0.0719 e. The molecule has 4 heteroatoms. The number of aliphatic hydroxyl groups excluding tert-OH is 1. The summed E-state index contributed by atoms with van der Waals surface area (Å²) in [5.74, 6) is 0. The molecule has 1 spiro atoms. The summed E-state index contributed by atoms with van der Waals surface area (Å²) in [5.41, 5.74) is 4.34. The van der Waals surface area contributed by atoms with E-state index in [1.54, 1.807) is 0 Å². The largest absolute Gasteiger partial charge is 0.392 e. The molecule has 132 valence electrons. The van der Waals surface area contributed by atoms with Gasteiger partial charge in [-0.25, -0.2) is 0 Å². The Morgan fingerprint density at radius 2 is 2.17 bits per heavy atom. The lowest BCUT2D eigenvalue weighted by Crippen LogP contribution is -2.62. The molecule has 2 fully saturated rings. The van der Waals surface area contributed by atoms with E-state index in [2.05, 4.69) is 30.0 Å². The molecule has 0 bridgehead atoms. The fourth-order valence-electron chi connectivity index (χ4n) is 4.83. The normalized spacial score (nSPS) is 29.2. The summed E-state index contributed by atoms with van der Waals surface area (Å²) in [4.78, 5) is 2.55. The standard InChI is InChI=1S/C20H29NO3/c1-2-24-19-12-18(22)20(19)7-9-21(10-8-20)13-15-4-3-5-16-14-23-11-6-17(15)16/h3-5,18-19,22H,2,6-14H2,1H3. The van der Waals surface area contributed by atoms with E-state index >= 15 is 0 Å². The molecule has 2 unspecified atom stereocenters. The predicted octanol–water partition coefficient (Wildman–Crippen LogP) is 2.51. The lowest BCUT2D eigenvalue weighted by atomic mass is 9.58. The van der Waals surface area contributed by atoms with E-state index in [4.69, 9.17) is 9.47 Å². The van der Waals surface area contributed by atoms with Crippen molar-refractivity contribution < 1.29 is 14.6 Å². The average molecular weight is 331 g/mol. The van der Waals surface area contributed by atoms with Crippen molar-refractivity contribution in [1.29, 1.82) is 0 Å². The third-order valence-corrected chi connectivity index (χ3v) is 6.41. The molecule has 1 saturated carbocycles. The van der Waals surface area contributed by atoms with Gasteiger partial charge in [0.2, 0.25) is 0 Å². The zero-order chi connectivity index (χ0) is 16.6. The molecule has 0 aromatic heterocycles. The summed E-state index contributed by atoms with van der Waals surface area (Å²) in [5, 5.41) is 10.3. The van der Waals surface area contributed by atoms with Crippen LogP contribution in [0.2, 0.25) is 0 Å². The van der Waals surface area contributed by atoms with E-state index in [0.717, 1.165) is 65.1 Å². The van der Waals surface area contributed by atoms with Gasteiger partial charge in [-0.1, -0.05) is 18.2 Å². The van der Waals surface area contributed by atoms with Gasteiger partial charge in [0.05, 0.1) is 25.4 Å². The van der Waals surface area contributed by atoms with E-state index in [-0.39, 0.29) is 17.6 Å². The summed E-state index contributed by atoms with van der Waals surface area (Å²) in [6.45, 7) is 7.54. The van der Waals surface area contributed by atoms with Crippen molar-refractivity contribution in [3.05, 3.63) is 34.9 Å². The molecule has 4 nitrogen and oxygen atoms in total. The topological polar surface area (TPSA) is 41.9 Å². The van der Waals surface area contributed by atoms with Gasteiger partial charge in [-0.05, 0) is 56.0 Å². The highest BCUT2D eigenvalue weighted by Crippen LogP contribution is 2.51. The fourth-order valence-corrected chi connectivity index (χ4v) is 4.83. The van der Waals surface area contributed by atoms with Gasteiger partial charge in [0, 0.05) is 25.0 Å². The third-order valence-electron chi connectivity index (χ3n) is 6.41. The number of likely N-dealkylation sites (tertiary alicyclic amines) is 1. The lowest BCUT2D eigenvalue weighted by Gasteiger charge is -2.56. The average Bonchev–Trinajstić information content (AvgIpc) is 2.63. The molecule has 1 saturated heterocycles. The van der Waals surface area contributed by atoms with Crippen LogP contribution in [0.3, 0.4) is 0 Å². The van der Waals surface area contributed by atoms with Crippen LogP contribution in [0.15, 0.2) is 18.2 Å². The summed E-state index contributed by atoms with van der Waals surface area (Å²) >= 11 is 0. The number of ether oxygens (including phenoxy) is 2. The Bertz CT molecular complexity index is 578. The fraction of sp³-hybridized carbons (Fsp3) is 0.700. The molecule has 0 amide bonds. The number of benzene rings is 1. The first-order valence-electron chi connectivity index (χ1n) is 9.42. The van der Waals surface area contributed by atoms with Crippen LogP contribution in [-0.4, -0.2) is 48.5 Å². The van der Waals surface area contributed by atoms with Crippen LogP contribution in [0.5, 0.6) is 0 Å². The minimum absolute atomic E-state index is 0.0243. The van der Waals surface area contributed by atoms with E-state index in [1.165, 1.54) is 16.7 Å². The Kier molecular flexibility index (Phi) is 4.65. The lowest BCUT2D eigenvalue weighted by molar-refractivity contribution is -0.209. The van der Waals surface area contributed by atoms with Crippen molar-refractivity contribution >= 4 is 0 Å². The summed E-state index contributed by atoms with van der Waals surface area (Å²) in [7, 11) is 0. The van der Waals surface area contributed by atoms with Crippen molar-refractivity contribution in [2.45, 2.75) is 58.0 Å². The van der Waals surface area contributed by atoms with Crippen molar-refractivity contribution in [3.8, 4) is 0 Å². The first-order valence-corrected chi connectivity index (χ1v) is 9.42. The van der Waals surface area contributed by atoms with Crippen LogP contribution in [0.4, 0.5) is 0 Å². The minimum Gasteiger partial charge on any atom is -0.392 e. The van der Waals surface area contributed by atoms with E-state index < -0.39 is 0 Å². The Morgan fingerprint density at radius 3 is 2.92 bits per heavy atom. The van der Waals surface area contributed by atoms with E-state index in [9.17, 15) is 5.11 Å². The van der Waals surface area contributed by atoms with Crippen LogP contribution in [0.1, 0.15) is 42.9 Å². The molecular weight excluding hydrogens is 302 g/mol. The van der Waals surface area contributed by atoms with Crippen LogP contribution in [-0.2, 0) is 29.0 Å². The second-order valence-corrected chi connectivity index (χ2v) is 7.56. The van der Waals surface area contributed by atoms with Crippen molar-refractivity contribution in [2.24, 2.45) is 5.41 Å². The van der Waals surface area contributed by atoms with Crippen LogP contribution in [0.25, 0.3) is 0 Å². The van der Waals surface area contributed by atoms with Crippen molar-refractivity contribution in [2.75, 3.05) is 26.3 Å². The maximum absolute atomic E-state index is 10.3. The second kappa shape index (κ2) is 6.75. The van der Waals surface area contributed by atoms with E-state index in [0.29, 0.717) is 0 Å². The zero-order valence-corrected chi connectivity index (χ0v) is 14.7. The molecule has 1 aromatic rings. The first-order chi connectivity index (χ1) is 11.7. The number of fused-ring (bicyclic) bond motifs is 1. The minimum atomic E-state index is -0.169. The van der Waals surface area contributed by atoms with Gasteiger partial charge in [-0.2, -0.15) is 0 Å². The van der Waals surface area contributed by atoms with Gasteiger partial charge in [0.25, 0.3) is 0 Å². The van der Waals surface area contributed by atoms with Crippen LogP contribution < -0.4 is 0 Å². The van der Waals surface area contributed by atoms with Crippen molar-refractivity contribution in [3.63, 3.8) is 0 Å². The van der Waals surface area contributed by atoms with Gasteiger partial charge in [-0.15, -0.1) is 0 Å². The molecule has 2 heterocycles. The van der Waals surface area contributed by atoms with Gasteiger partial charge >= 0.3 is 0 Å². The Hall–Kier alpha value is -0.940. The highest BCUT2D eigenvalue weighted by atomic mass is 16.5. The number of hydrogen-bond donors (Lipinski definition) is 1. The highest BCUT2D eigenvalue weighted by Gasteiger charge is 2.55. The molecule has 0 radical (unpaired) electrons. The Labute approximate surface area is 144 Å². The maximum Gasteiger partial charge on any atom is 0.0719 e. The Morgan fingerprint density at radius 1 is 1.33 bits per heavy atom. The molecule has 2 aliphatic heterocycles. The Balaban J connectivity index is 1.40. The second-order valence-electron chi connectivity index (χ2n) is 7.56. The van der Waals surface area contributed by atoms with Crippen LogP contribution >= 0.6 is 0 Å². The molecule has 3 aliphatic rings. The molecule has 24 heavy (non-hydrogen) atoms. The molecule has 1 N–H and O–H groups in total. The van der Waals surface area contributed by atoms with E-state index in [1.807, 2.05) is 0 Å². The number of hydrogen-bond acceptors (Lipinski definition) is 4. The summed E-state index contributed by atoms with van der Waals surface area (Å²) in [6.07, 6.45) is 4.06. The van der Waals surface area contributed by atoms with Crippen molar-refractivity contribution in [1.82, 2.24) is 4.90 Å². The third kappa shape index (κ3) is 2.80. The predicted molar refractivity (Wildman–Crippen MR) is 92.8 cm³/mol. The van der Waals surface area contributed by atoms with Gasteiger partial charge in [-0.3, -0.25) is 4.90 Å². The van der Waals surface area contributed by atoms with Gasteiger partial charge in [0.1, 0.15) is 0 Å². The number of rotatable bonds is 4. The summed E-state index contributed by atoms with van der Waals surface area (Å²) < 4.78 is 11.5. The molecule has 1 aromatic carbocycles. The van der Waals surface area contributed by atoms with Gasteiger partial charge < -0.3 is 14.6 Å². The molecule has 4 rings (SSSR count). The quantitative estimate of drug-likeness (QED) is 0.920. The molecule has 2 atom stereocenters. The summed E-state index contributed by atoms with van der Waals surface area (Å²) in [6, 6.07) is 6.63. The van der Waals surface area contributed by atoms with Crippen LogP contribution in [0, 0.1) is 5.41 Å². The first kappa shape index (κ1) is 16.5. The number of nitrogens with zero attached hydrogens (tertiary/aromatic N) is 1. The number of aliphatic hydroxyl groups is 1. The zero-order valence-electron chi connectivity index (χ0n) is 14.7. The van der Waals surface area contributed by atoms with Gasteiger partial charge in [0.15, 0.2) is 0 Å².